The van der Waals surface area contributed by atoms with E-state index in [-0.39, 0.29) is 5.97 Å². The summed E-state index contributed by atoms with van der Waals surface area (Å²) in [6, 6.07) is 12.0. The standard InChI is InChI=1S/C18H22N2O3/c1-4-23-17(18(21)22-3)10-13-8-9-16(20-12-13)14-6-5-7-15(11-14)19-2/h5-9,11-12,17,19H,4,10H2,1-3H3. The molecule has 0 aliphatic rings. The Labute approximate surface area is 136 Å². The highest BCUT2D eigenvalue weighted by Crippen LogP contribution is 2.21. The van der Waals surface area contributed by atoms with E-state index in [9.17, 15) is 4.79 Å². The molecule has 5 heteroatoms. The summed E-state index contributed by atoms with van der Waals surface area (Å²) in [6.07, 6.45) is 1.63. The van der Waals surface area contributed by atoms with Crippen LogP contribution in [0.5, 0.6) is 0 Å². The van der Waals surface area contributed by atoms with Crippen molar-refractivity contribution in [1.29, 1.82) is 0 Å². The fraction of sp³-hybridized carbons (Fsp3) is 0.333. The Balaban J connectivity index is 2.13. The monoisotopic (exact) mass is 314 g/mol. The van der Waals surface area contributed by atoms with Crippen molar-refractivity contribution in [3.63, 3.8) is 0 Å². The van der Waals surface area contributed by atoms with E-state index in [0.29, 0.717) is 13.0 Å². The highest BCUT2D eigenvalue weighted by Gasteiger charge is 2.19. The summed E-state index contributed by atoms with van der Waals surface area (Å²) in [4.78, 5) is 16.2. The van der Waals surface area contributed by atoms with Gasteiger partial charge in [-0.15, -0.1) is 0 Å². The SMILES string of the molecule is CCOC(Cc1ccc(-c2cccc(NC)c2)nc1)C(=O)OC. The molecule has 0 bridgehead atoms. The number of hydrogen-bond donors (Lipinski definition) is 1. The molecular weight excluding hydrogens is 292 g/mol. The molecule has 0 saturated carbocycles. The third-order valence-corrected chi connectivity index (χ3v) is 3.52. The molecule has 1 aromatic heterocycles. The average Bonchev–Trinajstić information content (AvgIpc) is 2.61. The number of methoxy groups -OCH3 is 1. The molecule has 2 rings (SSSR count). The Morgan fingerprint density at radius 2 is 2.13 bits per heavy atom. The van der Waals surface area contributed by atoms with E-state index < -0.39 is 6.10 Å². The minimum absolute atomic E-state index is 0.363. The lowest BCUT2D eigenvalue weighted by atomic mass is 10.1. The van der Waals surface area contributed by atoms with Gasteiger partial charge in [-0.05, 0) is 30.7 Å². The third kappa shape index (κ3) is 4.53. The molecule has 1 N–H and O–H groups in total. The van der Waals surface area contributed by atoms with Crippen molar-refractivity contribution >= 4 is 11.7 Å². The van der Waals surface area contributed by atoms with Crippen LogP contribution >= 0.6 is 0 Å². The maximum Gasteiger partial charge on any atom is 0.335 e. The van der Waals surface area contributed by atoms with Crippen LogP contribution in [-0.2, 0) is 20.7 Å². The zero-order valence-corrected chi connectivity index (χ0v) is 13.7. The molecule has 1 atom stereocenters. The first-order valence-electron chi connectivity index (χ1n) is 7.60. The fourth-order valence-electron chi connectivity index (χ4n) is 2.31. The zero-order chi connectivity index (χ0) is 16.7. The number of esters is 1. The van der Waals surface area contributed by atoms with Crippen molar-refractivity contribution in [1.82, 2.24) is 4.98 Å². The largest absolute Gasteiger partial charge is 0.467 e. The fourth-order valence-corrected chi connectivity index (χ4v) is 2.31. The number of nitrogens with zero attached hydrogens (tertiary/aromatic N) is 1. The molecule has 0 radical (unpaired) electrons. The average molecular weight is 314 g/mol. The van der Waals surface area contributed by atoms with E-state index in [1.165, 1.54) is 7.11 Å². The number of carbonyl (C=O) groups excluding carboxylic acids is 1. The van der Waals surface area contributed by atoms with Crippen LogP contribution in [-0.4, -0.2) is 37.8 Å². The first kappa shape index (κ1) is 17.0. The summed E-state index contributed by atoms with van der Waals surface area (Å²) in [5.41, 5.74) is 3.90. The minimum Gasteiger partial charge on any atom is -0.467 e. The lowest BCUT2D eigenvalue weighted by Crippen LogP contribution is -2.28. The van der Waals surface area contributed by atoms with Crippen molar-refractivity contribution in [3.05, 3.63) is 48.2 Å². The highest BCUT2D eigenvalue weighted by atomic mass is 16.6. The Hall–Kier alpha value is -2.40. The number of anilines is 1. The van der Waals surface area contributed by atoms with Crippen molar-refractivity contribution in [2.45, 2.75) is 19.4 Å². The number of carbonyl (C=O) groups is 1. The van der Waals surface area contributed by atoms with E-state index in [0.717, 1.165) is 22.5 Å². The molecule has 1 heterocycles. The van der Waals surface area contributed by atoms with Gasteiger partial charge in [-0.2, -0.15) is 0 Å². The molecular formula is C18H22N2O3. The molecule has 0 spiro atoms. The van der Waals surface area contributed by atoms with Gasteiger partial charge < -0.3 is 14.8 Å². The van der Waals surface area contributed by atoms with Gasteiger partial charge in [-0.3, -0.25) is 4.98 Å². The maximum absolute atomic E-state index is 11.7. The molecule has 0 amide bonds. The summed E-state index contributed by atoms with van der Waals surface area (Å²) in [5, 5.41) is 3.11. The van der Waals surface area contributed by atoms with Gasteiger partial charge >= 0.3 is 5.97 Å². The van der Waals surface area contributed by atoms with Gasteiger partial charge in [0.15, 0.2) is 6.10 Å². The van der Waals surface area contributed by atoms with Gasteiger partial charge in [0.05, 0.1) is 12.8 Å². The molecule has 1 aromatic carbocycles. The van der Waals surface area contributed by atoms with Gasteiger partial charge in [-0.1, -0.05) is 18.2 Å². The first-order valence-corrected chi connectivity index (χ1v) is 7.60. The number of hydrogen-bond acceptors (Lipinski definition) is 5. The molecule has 0 aliphatic carbocycles. The molecule has 0 fully saturated rings. The normalized spacial score (nSPS) is 11.8. The molecule has 122 valence electrons. The van der Waals surface area contributed by atoms with Crippen LogP contribution in [0.25, 0.3) is 11.3 Å². The van der Waals surface area contributed by atoms with Crippen LogP contribution in [0.15, 0.2) is 42.6 Å². The summed E-state index contributed by atoms with van der Waals surface area (Å²) in [6.45, 7) is 2.31. The van der Waals surface area contributed by atoms with Gasteiger partial charge in [0.1, 0.15) is 0 Å². The van der Waals surface area contributed by atoms with Crippen molar-refractivity contribution in [2.75, 3.05) is 26.1 Å². The second kappa shape index (κ2) is 8.29. The summed E-state index contributed by atoms with van der Waals surface area (Å²) < 4.78 is 10.2. The van der Waals surface area contributed by atoms with E-state index in [1.807, 2.05) is 50.4 Å². The predicted molar refractivity (Wildman–Crippen MR) is 90.4 cm³/mol. The quantitative estimate of drug-likeness (QED) is 0.796. The van der Waals surface area contributed by atoms with Crippen LogP contribution < -0.4 is 5.32 Å². The maximum atomic E-state index is 11.7. The van der Waals surface area contributed by atoms with Gasteiger partial charge in [0.2, 0.25) is 0 Å². The Kier molecular flexibility index (Phi) is 6.11. The number of rotatable bonds is 7. The summed E-state index contributed by atoms with van der Waals surface area (Å²) in [5.74, 6) is -0.363. The lowest BCUT2D eigenvalue weighted by molar-refractivity contribution is -0.153. The molecule has 5 nitrogen and oxygen atoms in total. The van der Waals surface area contributed by atoms with Crippen molar-refractivity contribution in [2.24, 2.45) is 0 Å². The van der Waals surface area contributed by atoms with E-state index >= 15 is 0 Å². The predicted octanol–water partition coefficient (Wildman–Crippen LogP) is 2.91. The number of benzene rings is 1. The Morgan fingerprint density at radius 3 is 2.74 bits per heavy atom. The minimum atomic E-state index is -0.592. The number of nitrogens with one attached hydrogen (secondary N) is 1. The van der Waals surface area contributed by atoms with Gasteiger partial charge in [-0.25, -0.2) is 4.79 Å². The number of ether oxygens (including phenoxy) is 2. The summed E-state index contributed by atoms with van der Waals surface area (Å²) in [7, 11) is 3.25. The zero-order valence-electron chi connectivity index (χ0n) is 13.7. The summed E-state index contributed by atoms with van der Waals surface area (Å²) >= 11 is 0. The molecule has 0 aliphatic heterocycles. The second-order valence-corrected chi connectivity index (χ2v) is 5.05. The van der Waals surface area contributed by atoms with Crippen LogP contribution in [0.2, 0.25) is 0 Å². The van der Waals surface area contributed by atoms with Crippen LogP contribution in [0, 0.1) is 0 Å². The van der Waals surface area contributed by atoms with Crippen LogP contribution in [0.3, 0.4) is 0 Å². The van der Waals surface area contributed by atoms with E-state index in [4.69, 9.17) is 9.47 Å². The first-order chi connectivity index (χ1) is 11.2. The van der Waals surface area contributed by atoms with E-state index in [2.05, 4.69) is 10.3 Å². The molecule has 23 heavy (non-hydrogen) atoms. The lowest BCUT2D eigenvalue weighted by Gasteiger charge is -2.14. The molecule has 2 aromatic rings. The number of aromatic nitrogens is 1. The molecule has 1 unspecified atom stereocenters. The van der Waals surface area contributed by atoms with Gasteiger partial charge in [0.25, 0.3) is 0 Å². The second-order valence-electron chi connectivity index (χ2n) is 5.05. The number of pyridine rings is 1. The highest BCUT2D eigenvalue weighted by molar-refractivity contribution is 5.75. The Morgan fingerprint density at radius 1 is 1.30 bits per heavy atom. The van der Waals surface area contributed by atoms with Crippen LogP contribution in [0.1, 0.15) is 12.5 Å². The Bertz CT molecular complexity index is 641. The van der Waals surface area contributed by atoms with Crippen molar-refractivity contribution in [3.8, 4) is 11.3 Å². The van der Waals surface area contributed by atoms with E-state index in [1.54, 1.807) is 6.20 Å². The molecule has 0 saturated heterocycles. The third-order valence-electron chi connectivity index (χ3n) is 3.52. The smallest absolute Gasteiger partial charge is 0.335 e. The van der Waals surface area contributed by atoms with Crippen molar-refractivity contribution < 1.29 is 14.3 Å². The van der Waals surface area contributed by atoms with Crippen LogP contribution in [0.4, 0.5) is 5.69 Å². The van der Waals surface area contributed by atoms with Gasteiger partial charge in [0, 0.05) is 37.5 Å². The topological polar surface area (TPSA) is 60.5 Å².